The summed E-state index contributed by atoms with van der Waals surface area (Å²) in [4.78, 5) is 16.6. The fourth-order valence-corrected chi connectivity index (χ4v) is 2.54. The van der Waals surface area contributed by atoms with Gasteiger partial charge in [-0.1, -0.05) is 12.1 Å². The molecule has 0 aliphatic heterocycles. The van der Waals surface area contributed by atoms with E-state index in [-0.39, 0.29) is 5.91 Å². The molecule has 0 unspecified atom stereocenters. The van der Waals surface area contributed by atoms with E-state index in [9.17, 15) is 4.79 Å². The Labute approximate surface area is 139 Å². The number of hydrogen-bond acceptors (Lipinski definition) is 4. The van der Waals surface area contributed by atoms with Crippen LogP contribution < -0.4 is 10.1 Å². The molecular formula is C17H19N5O2. The second kappa shape index (κ2) is 6.99. The second-order valence-electron chi connectivity index (χ2n) is 5.28. The number of para-hydroxylation sites is 1. The van der Waals surface area contributed by atoms with Crippen molar-refractivity contribution in [2.75, 3.05) is 13.7 Å². The van der Waals surface area contributed by atoms with Crippen molar-refractivity contribution in [1.29, 1.82) is 0 Å². The van der Waals surface area contributed by atoms with Gasteiger partial charge in [0.1, 0.15) is 11.6 Å². The zero-order valence-electron chi connectivity index (χ0n) is 13.6. The van der Waals surface area contributed by atoms with Gasteiger partial charge < -0.3 is 14.6 Å². The van der Waals surface area contributed by atoms with E-state index in [0.29, 0.717) is 30.1 Å². The predicted molar refractivity (Wildman–Crippen MR) is 89.9 cm³/mol. The highest BCUT2D eigenvalue weighted by molar-refractivity contribution is 6.00. The first kappa shape index (κ1) is 15.8. The molecule has 3 rings (SSSR count). The highest BCUT2D eigenvalue weighted by Crippen LogP contribution is 2.30. The van der Waals surface area contributed by atoms with Crippen LogP contribution in [0.1, 0.15) is 16.2 Å². The molecule has 0 atom stereocenters. The number of H-pyrrole nitrogens is 1. The number of hydrogen-bond donors (Lipinski definition) is 2. The third kappa shape index (κ3) is 3.15. The molecular weight excluding hydrogens is 306 g/mol. The maximum atomic E-state index is 12.5. The van der Waals surface area contributed by atoms with Gasteiger partial charge in [0, 0.05) is 31.0 Å². The lowest BCUT2D eigenvalue weighted by molar-refractivity contribution is 0.0953. The van der Waals surface area contributed by atoms with E-state index in [4.69, 9.17) is 4.74 Å². The van der Waals surface area contributed by atoms with Gasteiger partial charge in [-0.3, -0.25) is 9.89 Å². The molecule has 24 heavy (non-hydrogen) atoms. The fraction of sp³-hybridized carbons (Fsp3) is 0.235. The summed E-state index contributed by atoms with van der Waals surface area (Å²) in [5.41, 5.74) is 1.93. The summed E-state index contributed by atoms with van der Waals surface area (Å²) in [6.45, 7) is 3.10. The summed E-state index contributed by atoms with van der Waals surface area (Å²) in [6, 6.07) is 7.51. The minimum absolute atomic E-state index is 0.178. The third-order valence-corrected chi connectivity index (χ3v) is 3.82. The Balaban J connectivity index is 1.72. The van der Waals surface area contributed by atoms with Crippen molar-refractivity contribution >= 4 is 5.91 Å². The highest BCUT2D eigenvalue weighted by Gasteiger charge is 2.17. The van der Waals surface area contributed by atoms with Gasteiger partial charge in [0.15, 0.2) is 0 Å². The van der Waals surface area contributed by atoms with E-state index in [1.165, 1.54) is 6.20 Å². The van der Waals surface area contributed by atoms with Crippen molar-refractivity contribution in [3.8, 4) is 17.0 Å². The molecule has 1 amide bonds. The highest BCUT2D eigenvalue weighted by atomic mass is 16.5. The summed E-state index contributed by atoms with van der Waals surface area (Å²) in [5, 5.41) is 9.81. The summed E-state index contributed by atoms with van der Waals surface area (Å²) < 4.78 is 7.34. The van der Waals surface area contributed by atoms with Gasteiger partial charge in [-0.05, 0) is 19.1 Å². The minimum Gasteiger partial charge on any atom is -0.496 e. The SMILES string of the molecule is COc1ccccc1-c1[nH]ncc1C(=O)NCCn1ccnc1C. The molecule has 1 aromatic carbocycles. The molecule has 2 N–H and O–H groups in total. The molecule has 0 bridgehead atoms. The quantitative estimate of drug-likeness (QED) is 0.726. The lowest BCUT2D eigenvalue weighted by atomic mass is 10.1. The van der Waals surface area contributed by atoms with E-state index in [0.717, 1.165) is 11.4 Å². The normalized spacial score (nSPS) is 10.6. The number of nitrogens with one attached hydrogen (secondary N) is 2. The van der Waals surface area contributed by atoms with Gasteiger partial charge >= 0.3 is 0 Å². The first-order valence-electron chi connectivity index (χ1n) is 7.63. The standard InChI is InChI=1S/C17H19N5O2/c1-12-18-7-9-22(12)10-8-19-17(23)14-11-20-21-16(14)13-5-3-4-6-15(13)24-2/h3-7,9,11H,8,10H2,1-2H3,(H,19,23)(H,20,21). The third-order valence-electron chi connectivity index (χ3n) is 3.82. The van der Waals surface area contributed by atoms with Crippen molar-refractivity contribution in [1.82, 2.24) is 25.1 Å². The van der Waals surface area contributed by atoms with E-state index in [2.05, 4.69) is 20.5 Å². The Hall–Kier alpha value is -3.09. The average Bonchev–Trinajstić information content (AvgIpc) is 3.24. The molecule has 0 radical (unpaired) electrons. The number of nitrogens with zero attached hydrogens (tertiary/aromatic N) is 3. The zero-order chi connectivity index (χ0) is 16.9. The molecule has 2 heterocycles. The molecule has 3 aromatic rings. The van der Waals surface area contributed by atoms with Gasteiger partial charge in [-0.25, -0.2) is 4.98 Å². The Morgan fingerprint density at radius 2 is 2.21 bits per heavy atom. The van der Waals surface area contributed by atoms with Gasteiger partial charge in [0.2, 0.25) is 0 Å². The van der Waals surface area contributed by atoms with Crippen molar-refractivity contribution in [3.63, 3.8) is 0 Å². The molecule has 0 saturated heterocycles. The molecule has 0 aliphatic rings. The number of aromatic amines is 1. The van der Waals surface area contributed by atoms with Gasteiger partial charge in [0.05, 0.1) is 24.6 Å². The monoisotopic (exact) mass is 325 g/mol. The Morgan fingerprint density at radius 1 is 1.38 bits per heavy atom. The maximum Gasteiger partial charge on any atom is 0.255 e. The van der Waals surface area contributed by atoms with Crippen LogP contribution in [0.5, 0.6) is 5.75 Å². The molecule has 7 heteroatoms. The summed E-state index contributed by atoms with van der Waals surface area (Å²) >= 11 is 0. The fourth-order valence-electron chi connectivity index (χ4n) is 2.54. The van der Waals surface area contributed by atoms with Crippen molar-refractivity contribution in [2.24, 2.45) is 0 Å². The summed E-state index contributed by atoms with van der Waals surface area (Å²) in [5.74, 6) is 1.43. The second-order valence-corrected chi connectivity index (χ2v) is 5.28. The largest absolute Gasteiger partial charge is 0.496 e. The number of benzene rings is 1. The maximum absolute atomic E-state index is 12.5. The Bertz CT molecular complexity index is 837. The first-order valence-corrected chi connectivity index (χ1v) is 7.63. The van der Waals surface area contributed by atoms with Crippen molar-refractivity contribution in [2.45, 2.75) is 13.5 Å². The van der Waals surface area contributed by atoms with Crippen LogP contribution in [0, 0.1) is 6.92 Å². The van der Waals surface area contributed by atoms with Gasteiger partial charge in [-0.2, -0.15) is 5.10 Å². The minimum atomic E-state index is -0.178. The van der Waals surface area contributed by atoms with Crippen LogP contribution in [0.3, 0.4) is 0 Å². The van der Waals surface area contributed by atoms with Crippen LogP contribution in [-0.2, 0) is 6.54 Å². The summed E-state index contributed by atoms with van der Waals surface area (Å²) in [7, 11) is 1.60. The molecule has 0 aliphatic carbocycles. The number of amides is 1. The van der Waals surface area contributed by atoms with Crippen LogP contribution >= 0.6 is 0 Å². The Kier molecular flexibility index (Phi) is 4.60. The predicted octanol–water partition coefficient (Wildman–Crippen LogP) is 2.02. The van der Waals surface area contributed by atoms with Gasteiger partial charge in [0.25, 0.3) is 5.91 Å². The van der Waals surface area contributed by atoms with Crippen LogP contribution in [0.2, 0.25) is 0 Å². The molecule has 0 fully saturated rings. The van der Waals surface area contributed by atoms with Gasteiger partial charge in [-0.15, -0.1) is 0 Å². The smallest absolute Gasteiger partial charge is 0.255 e. The van der Waals surface area contributed by atoms with Crippen molar-refractivity contribution in [3.05, 3.63) is 54.2 Å². The van der Waals surface area contributed by atoms with Crippen LogP contribution in [0.25, 0.3) is 11.3 Å². The number of rotatable bonds is 6. The lowest BCUT2D eigenvalue weighted by Crippen LogP contribution is -2.27. The number of carbonyl (C=O) groups excluding carboxylic acids is 1. The molecule has 124 valence electrons. The number of ether oxygens (including phenoxy) is 1. The van der Waals surface area contributed by atoms with E-state index in [1.54, 1.807) is 13.3 Å². The Morgan fingerprint density at radius 3 is 2.96 bits per heavy atom. The number of aromatic nitrogens is 4. The van der Waals surface area contributed by atoms with E-state index in [1.807, 2.05) is 42.0 Å². The molecule has 7 nitrogen and oxygen atoms in total. The number of methoxy groups -OCH3 is 1. The first-order chi connectivity index (χ1) is 11.7. The lowest BCUT2D eigenvalue weighted by Gasteiger charge is -2.10. The molecule has 2 aromatic heterocycles. The number of carbonyl (C=O) groups is 1. The molecule has 0 saturated carbocycles. The van der Waals surface area contributed by atoms with Crippen LogP contribution in [-0.4, -0.2) is 39.3 Å². The summed E-state index contributed by atoms with van der Waals surface area (Å²) in [6.07, 6.45) is 5.16. The molecule has 0 spiro atoms. The number of imidazole rings is 1. The van der Waals surface area contributed by atoms with Crippen molar-refractivity contribution < 1.29 is 9.53 Å². The van der Waals surface area contributed by atoms with E-state index >= 15 is 0 Å². The van der Waals surface area contributed by atoms with Crippen LogP contribution in [0.4, 0.5) is 0 Å². The van der Waals surface area contributed by atoms with E-state index < -0.39 is 0 Å². The van der Waals surface area contributed by atoms with Crippen LogP contribution in [0.15, 0.2) is 42.9 Å². The average molecular weight is 325 g/mol. The topological polar surface area (TPSA) is 84.8 Å². The number of aryl methyl sites for hydroxylation is 1. The zero-order valence-corrected chi connectivity index (χ0v) is 13.6.